The fourth-order valence-electron chi connectivity index (χ4n) is 2.56. The van der Waals surface area contributed by atoms with E-state index in [1.54, 1.807) is 17.0 Å². The molecule has 2 aromatic rings. The molecule has 5 nitrogen and oxygen atoms in total. The first kappa shape index (κ1) is 17.2. The van der Waals surface area contributed by atoms with Crippen LogP contribution in [0.5, 0.6) is 0 Å². The molecule has 7 heteroatoms. The largest absolute Gasteiger partial charge is 0.444 e. The molecule has 3 rings (SSSR count). The summed E-state index contributed by atoms with van der Waals surface area (Å²) >= 11 is 2.24. The van der Waals surface area contributed by atoms with Crippen LogP contribution in [0.3, 0.4) is 0 Å². The van der Waals surface area contributed by atoms with E-state index in [1.165, 1.54) is 12.1 Å². The smallest absolute Gasteiger partial charge is 0.410 e. The van der Waals surface area contributed by atoms with Crippen LogP contribution in [-0.4, -0.2) is 32.9 Å². The van der Waals surface area contributed by atoms with Crippen molar-refractivity contribution in [2.24, 2.45) is 0 Å². The number of carbonyl (C=O) groups excluding carboxylic acids is 1. The molecule has 1 aliphatic rings. The van der Waals surface area contributed by atoms with Crippen LogP contribution in [0.2, 0.25) is 0 Å². The molecule has 0 atom stereocenters. The number of carbonyl (C=O) groups is 1. The highest BCUT2D eigenvalue weighted by Gasteiger charge is 2.29. The van der Waals surface area contributed by atoms with Gasteiger partial charge in [-0.3, -0.25) is 4.68 Å². The van der Waals surface area contributed by atoms with Crippen LogP contribution >= 0.6 is 22.6 Å². The van der Waals surface area contributed by atoms with E-state index < -0.39 is 5.60 Å². The second kappa shape index (κ2) is 6.34. The molecule has 1 aliphatic heterocycles. The molecule has 0 aliphatic carbocycles. The van der Waals surface area contributed by atoms with Gasteiger partial charge in [-0.1, -0.05) is 0 Å². The summed E-state index contributed by atoms with van der Waals surface area (Å²) in [7, 11) is 0. The molecule has 1 aromatic carbocycles. The Balaban J connectivity index is 1.85. The van der Waals surface area contributed by atoms with Gasteiger partial charge < -0.3 is 9.64 Å². The van der Waals surface area contributed by atoms with Gasteiger partial charge in [-0.15, -0.1) is 0 Å². The fourth-order valence-corrected chi connectivity index (χ4v) is 3.43. The lowest BCUT2D eigenvalue weighted by Crippen LogP contribution is -2.41. The number of hydrogen-bond acceptors (Lipinski definition) is 3. The van der Waals surface area contributed by atoms with Crippen molar-refractivity contribution in [1.82, 2.24) is 14.7 Å². The number of rotatable bonds is 1. The average molecular weight is 443 g/mol. The Hall–Kier alpha value is -1.64. The van der Waals surface area contributed by atoms with Crippen LogP contribution in [0.15, 0.2) is 24.3 Å². The molecule has 0 spiro atoms. The van der Waals surface area contributed by atoms with E-state index in [2.05, 4.69) is 27.7 Å². The van der Waals surface area contributed by atoms with Crippen LogP contribution in [-0.2, 0) is 17.8 Å². The van der Waals surface area contributed by atoms with Gasteiger partial charge >= 0.3 is 6.09 Å². The average Bonchev–Trinajstić information content (AvgIpc) is 2.83. The number of ether oxygens (including phenoxy) is 1. The molecule has 24 heavy (non-hydrogen) atoms. The van der Waals surface area contributed by atoms with Crippen LogP contribution in [0, 0.1) is 9.39 Å². The maximum Gasteiger partial charge on any atom is 0.410 e. The number of amides is 1. The second-order valence-corrected chi connectivity index (χ2v) is 7.82. The number of aromatic nitrogens is 2. The zero-order chi connectivity index (χ0) is 17.5. The third kappa shape index (κ3) is 3.55. The van der Waals surface area contributed by atoms with Gasteiger partial charge in [-0.25, -0.2) is 9.18 Å². The minimum atomic E-state index is -0.513. The van der Waals surface area contributed by atoms with Crippen LogP contribution in [0.25, 0.3) is 11.3 Å². The van der Waals surface area contributed by atoms with Crippen molar-refractivity contribution in [1.29, 1.82) is 0 Å². The summed E-state index contributed by atoms with van der Waals surface area (Å²) in [6.45, 7) is 7.20. The Bertz CT molecular complexity index is 765. The highest BCUT2D eigenvalue weighted by atomic mass is 127. The molecule has 0 radical (unpaired) electrons. The predicted molar refractivity (Wildman–Crippen MR) is 97.0 cm³/mol. The lowest BCUT2D eigenvalue weighted by molar-refractivity contribution is 0.0194. The third-order valence-corrected chi connectivity index (χ3v) is 4.82. The number of fused-ring (bicyclic) bond motifs is 1. The van der Waals surface area contributed by atoms with Gasteiger partial charge in [0, 0.05) is 12.1 Å². The summed E-state index contributed by atoms with van der Waals surface area (Å²) in [6, 6.07) is 6.29. The highest BCUT2D eigenvalue weighted by molar-refractivity contribution is 14.1. The van der Waals surface area contributed by atoms with Gasteiger partial charge in [0.15, 0.2) is 0 Å². The minimum absolute atomic E-state index is 0.270. The van der Waals surface area contributed by atoms with Gasteiger partial charge in [-0.05, 0) is 67.6 Å². The third-order valence-electron chi connectivity index (χ3n) is 3.69. The van der Waals surface area contributed by atoms with Crippen LogP contribution < -0.4 is 0 Å². The first-order valence-corrected chi connectivity index (χ1v) is 8.81. The summed E-state index contributed by atoms with van der Waals surface area (Å²) in [6.07, 6.45) is -0.311. The van der Waals surface area contributed by atoms with Crippen molar-refractivity contribution in [3.63, 3.8) is 0 Å². The summed E-state index contributed by atoms with van der Waals surface area (Å²) in [4.78, 5) is 14.0. The quantitative estimate of drug-likeness (QED) is 0.626. The standard InChI is InChI=1S/C17H19FIN3O2/c1-17(2,3)24-16(23)21-8-9-22-13(10-21)14(19)15(20-22)11-4-6-12(18)7-5-11/h4-7H,8-10H2,1-3H3. The number of nitrogens with zero attached hydrogens (tertiary/aromatic N) is 3. The molecule has 0 bridgehead atoms. The molecule has 0 fully saturated rings. The Labute approximate surface area is 153 Å². The molecule has 0 saturated carbocycles. The lowest BCUT2D eigenvalue weighted by Gasteiger charge is -2.30. The van der Waals surface area contributed by atoms with Crippen LogP contribution in [0.4, 0.5) is 9.18 Å². The van der Waals surface area contributed by atoms with E-state index in [-0.39, 0.29) is 11.9 Å². The Morgan fingerprint density at radius 1 is 1.25 bits per heavy atom. The molecular weight excluding hydrogens is 424 g/mol. The summed E-state index contributed by atoms with van der Waals surface area (Å²) in [5.41, 5.74) is 2.15. The van der Waals surface area contributed by atoms with Gasteiger partial charge in [0.25, 0.3) is 0 Å². The SMILES string of the molecule is CC(C)(C)OC(=O)N1CCn2nc(-c3ccc(F)cc3)c(I)c2C1. The maximum atomic E-state index is 13.1. The van der Waals surface area contributed by atoms with Gasteiger partial charge in [0.05, 0.1) is 22.4 Å². The van der Waals surface area contributed by atoms with Crippen molar-refractivity contribution >= 4 is 28.7 Å². The highest BCUT2D eigenvalue weighted by Crippen LogP contribution is 2.30. The van der Waals surface area contributed by atoms with E-state index >= 15 is 0 Å². The van der Waals surface area contributed by atoms with Crippen molar-refractivity contribution in [3.8, 4) is 11.3 Å². The molecule has 0 N–H and O–H groups in total. The first-order chi connectivity index (χ1) is 11.2. The first-order valence-electron chi connectivity index (χ1n) is 7.73. The summed E-state index contributed by atoms with van der Waals surface area (Å²) < 4.78 is 21.5. The molecule has 0 unspecified atom stereocenters. The monoisotopic (exact) mass is 443 g/mol. The van der Waals surface area contributed by atoms with Gasteiger partial charge in [-0.2, -0.15) is 5.10 Å². The summed E-state index contributed by atoms with van der Waals surface area (Å²) in [5, 5.41) is 4.63. The zero-order valence-corrected chi connectivity index (χ0v) is 16.0. The molecular formula is C17H19FIN3O2. The van der Waals surface area contributed by atoms with Crippen molar-refractivity contribution in [3.05, 3.63) is 39.3 Å². The molecule has 2 heterocycles. The Morgan fingerprint density at radius 3 is 2.54 bits per heavy atom. The fraction of sp³-hybridized carbons (Fsp3) is 0.412. The minimum Gasteiger partial charge on any atom is -0.444 e. The summed E-state index contributed by atoms with van der Waals surface area (Å²) in [5.74, 6) is -0.270. The van der Waals surface area contributed by atoms with E-state index in [0.29, 0.717) is 19.6 Å². The van der Waals surface area contributed by atoms with E-state index in [0.717, 1.165) is 20.5 Å². The number of benzene rings is 1. The van der Waals surface area contributed by atoms with Crippen molar-refractivity contribution in [2.75, 3.05) is 6.54 Å². The van der Waals surface area contributed by atoms with E-state index in [9.17, 15) is 9.18 Å². The molecule has 0 saturated heterocycles. The molecule has 1 amide bonds. The number of hydrogen-bond donors (Lipinski definition) is 0. The topological polar surface area (TPSA) is 47.4 Å². The van der Waals surface area contributed by atoms with E-state index in [1.807, 2.05) is 25.5 Å². The predicted octanol–water partition coefficient (Wildman–Crippen LogP) is 4.04. The zero-order valence-electron chi connectivity index (χ0n) is 13.8. The van der Waals surface area contributed by atoms with Gasteiger partial charge in [0.1, 0.15) is 17.1 Å². The van der Waals surface area contributed by atoms with Crippen LogP contribution in [0.1, 0.15) is 26.5 Å². The lowest BCUT2D eigenvalue weighted by atomic mass is 10.1. The molecule has 1 aromatic heterocycles. The Morgan fingerprint density at radius 2 is 1.92 bits per heavy atom. The normalized spacial score (nSPS) is 14.5. The van der Waals surface area contributed by atoms with Crippen molar-refractivity contribution in [2.45, 2.75) is 39.5 Å². The van der Waals surface area contributed by atoms with Crippen molar-refractivity contribution < 1.29 is 13.9 Å². The molecule has 128 valence electrons. The maximum absolute atomic E-state index is 13.1. The second-order valence-electron chi connectivity index (χ2n) is 6.74. The van der Waals surface area contributed by atoms with E-state index in [4.69, 9.17) is 4.74 Å². The number of halogens is 2. The Kier molecular flexibility index (Phi) is 4.54. The van der Waals surface area contributed by atoms with Gasteiger partial charge in [0.2, 0.25) is 0 Å².